The Morgan fingerprint density at radius 2 is 1.27 bits per heavy atom. The van der Waals surface area contributed by atoms with Crippen LogP contribution in [0.3, 0.4) is 0 Å². The maximum Gasteiger partial charge on any atom is 0.0470 e. The maximum atomic E-state index is 6.06. The molecule has 7 rings (SSSR count). The largest absolute Gasteiger partial charge is 0.399 e. The van der Waals surface area contributed by atoms with Gasteiger partial charge in [0.1, 0.15) is 0 Å². The topological polar surface area (TPSA) is 53.8 Å². The molecular formula is C30H21N3. The molecule has 3 heteroatoms. The number of aromatic nitrogens is 1. The number of fused-ring (bicyclic) bond motifs is 7. The van der Waals surface area contributed by atoms with Crippen LogP contribution in [-0.2, 0) is 0 Å². The fourth-order valence-corrected chi connectivity index (χ4v) is 5.05. The minimum absolute atomic E-state index is 0.773. The van der Waals surface area contributed by atoms with E-state index in [4.69, 9.17) is 5.73 Å². The maximum absolute atomic E-state index is 6.06. The zero-order valence-corrected chi connectivity index (χ0v) is 17.9. The summed E-state index contributed by atoms with van der Waals surface area (Å²) in [6.45, 7) is 0. The van der Waals surface area contributed by atoms with Crippen LogP contribution in [0, 0.1) is 0 Å². The van der Waals surface area contributed by atoms with Crippen LogP contribution in [-0.4, -0.2) is 4.98 Å². The number of benzene rings is 6. The van der Waals surface area contributed by atoms with Gasteiger partial charge in [0.05, 0.1) is 0 Å². The first-order valence-electron chi connectivity index (χ1n) is 11.2. The second kappa shape index (κ2) is 6.75. The van der Waals surface area contributed by atoms with Crippen LogP contribution >= 0.6 is 0 Å². The van der Waals surface area contributed by atoms with Crippen molar-refractivity contribution in [2.24, 2.45) is 0 Å². The van der Waals surface area contributed by atoms with Gasteiger partial charge in [-0.05, 0) is 81.5 Å². The molecule has 0 radical (unpaired) electrons. The van der Waals surface area contributed by atoms with Crippen molar-refractivity contribution >= 4 is 71.2 Å². The molecular weight excluding hydrogens is 402 g/mol. The predicted octanol–water partition coefficient (Wildman–Crippen LogP) is 8.11. The minimum Gasteiger partial charge on any atom is -0.399 e. The number of nitrogens with two attached hydrogens (primary N) is 1. The van der Waals surface area contributed by atoms with Crippen molar-refractivity contribution in [3.05, 3.63) is 103 Å². The molecule has 0 amide bonds. The number of aromatic amines is 1. The third kappa shape index (κ3) is 2.83. The lowest BCUT2D eigenvalue weighted by Gasteiger charge is -2.13. The average molecular weight is 424 g/mol. The molecule has 0 aliphatic rings. The van der Waals surface area contributed by atoms with Crippen molar-refractivity contribution in [1.29, 1.82) is 0 Å². The van der Waals surface area contributed by atoms with Gasteiger partial charge in [0.2, 0.25) is 0 Å². The van der Waals surface area contributed by atoms with Gasteiger partial charge < -0.3 is 16.0 Å². The highest BCUT2D eigenvalue weighted by Crippen LogP contribution is 2.36. The molecule has 0 unspecified atom stereocenters. The number of hydrogen-bond acceptors (Lipinski definition) is 2. The molecule has 6 aromatic carbocycles. The first-order valence-corrected chi connectivity index (χ1v) is 11.2. The summed E-state index contributed by atoms with van der Waals surface area (Å²) >= 11 is 0. The van der Waals surface area contributed by atoms with Crippen molar-refractivity contribution in [2.75, 3.05) is 11.1 Å². The third-order valence-corrected chi connectivity index (χ3v) is 6.63. The van der Waals surface area contributed by atoms with Crippen molar-refractivity contribution in [3.8, 4) is 0 Å². The summed E-state index contributed by atoms with van der Waals surface area (Å²) < 4.78 is 0. The Balaban J connectivity index is 1.44. The Morgan fingerprint density at radius 1 is 0.545 bits per heavy atom. The molecule has 0 aliphatic carbocycles. The minimum atomic E-state index is 0.773. The SMILES string of the molecule is Nc1ccc2[nH]c3ccc(Nc4cccc5ccc6cc7ccccc7cc6c45)cc3c2c1. The lowest BCUT2D eigenvalue weighted by Crippen LogP contribution is -1.92. The first-order chi connectivity index (χ1) is 16.2. The van der Waals surface area contributed by atoms with Crippen LogP contribution in [0.2, 0.25) is 0 Å². The van der Waals surface area contributed by atoms with Crippen LogP contribution in [0.4, 0.5) is 17.1 Å². The fourth-order valence-electron chi connectivity index (χ4n) is 5.05. The highest BCUT2D eigenvalue weighted by molar-refractivity contribution is 6.17. The summed E-state index contributed by atoms with van der Waals surface area (Å²) in [5, 5.41) is 13.5. The van der Waals surface area contributed by atoms with Crippen LogP contribution in [0.25, 0.3) is 54.1 Å². The molecule has 0 atom stereocenters. The second-order valence-corrected chi connectivity index (χ2v) is 8.71. The van der Waals surface area contributed by atoms with Crippen molar-refractivity contribution < 1.29 is 0 Å². The molecule has 1 heterocycles. The van der Waals surface area contributed by atoms with Gasteiger partial charge in [-0.2, -0.15) is 0 Å². The van der Waals surface area contributed by atoms with Crippen LogP contribution in [0.1, 0.15) is 0 Å². The van der Waals surface area contributed by atoms with E-state index in [1.54, 1.807) is 0 Å². The van der Waals surface area contributed by atoms with Gasteiger partial charge in [-0.15, -0.1) is 0 Å². The van der Waals surface area contributed by atoms with Crippen molar-refractivity contribution in [3.63, 3.8) is 0 Å². The number of rotatable bonds is 2. The van der Waals surface area contributed by atoms with E-state index in [-0.39, 0.29) is 0 Å². The monoisotopic (exact) mass is 423 g/mol. The second-order valence-electron chi connectivity index (χ2n) is 8.71. The van der Waals surface area contributed by atoms with E-state index in [2.05, 4.69) is 95.2 Å². The summed E-state index contributed by atoms with van der Waals surface area (Å²) in [4.78, 5) is 3.48. The summed E-state index contributed by atoms with van der Waals surface area (Å²) in [7, 11) is 0. The highest BCUT2D eigenvalue weighted by Gasteiger charge is 2.10. The molecule has 0 saturated carbocycles. The molecule has 3 nitrogen and oxygen atoms in total. The normalized spacial score (nSPS) is 11.8. The molecule has 1 aromatic heterocycles. The lowest BCUT2D eigenvalue weighted by molar-refractivity contribution is 1.54. The van der Waals surface area contributed by atoms with Crippen LogP contribution in [0.5, 0.6) is 0 Å². The number of nitrogen functional groups attached to an aromatic ring is 1. The summed E-state index contributed by atoms with van der Waals surface area (Å²) in [6.07, 6.45) is 0. The van der Waals surface area contributed by atoms with E-state index >= 15 is 0 Å². The third-order valence-electron chi connectivity index (χ3n) is 6.63. The number of nitrogens with one attached hydrogen (secondary N) is 2. The molecule has 4 N–H and O–H groups in total. The van der Waals surface area contributed by atoms with E-state index in [0.29, 0.717) is 0 Å². The summed E-state index contributed by atoms with van der Waals surface area (Å²) in [5.41, 5.74) is 11.2. The molecule has 0 spiro atoms. The van der Waals surface area contributed by atoms with E-state index in [1.165, 1.54) is 37.7 Å². The van der Waals surface area contributed by atoms with Gasteiger partial charge in [-0.1, -0.05) is 48.5 Å². The van der Waals surface area contributed by atoms with Crippen molar-refractivity contribution in [1.82, 2.24) is 4.98 Å². The number of hydrogen-bond donors (Lipinski definition) is 3. The van der Waals surface area contributed by atoms with Gasteiger partial charge in [0.25, 0.3) is 0 Å². The van der Waals surface area contributed by atoms with E-state index < -0.39 is 0 Å². The molecule has 0 fully saturated rings. The first kappa shape index (κ1) is 18.1. The van der Waals surface area contributed by atoms with Gasteiger partial charge in [-0.3, -0.25) is 0 Å². The van der Waals surface area contributed by atoms with E-state index in [0.717, 1.165) is 33.5 Å². The molecule has 0 saturated heterocycles. The number of H-pyrrole nitrogens is 1. The molecule has 156 valence electrons. The zero-order chi connectivity index (χ0) is 21.9. The van der Waals surface area contributed by atoms with Crippen LogP contribution < -0.4 is 11.1 Å². The van der Waals surface area contributed by atoms with Crippen LogP contribution in [0.15, 0.2) is 103 Å². The Morgan fingerprint density at radius 3 is 2.15 bits per heavy atom. The molecule has 0 bridgehead atoms. The zero-order valence-electron chi connectivity index (χ0n) is 17.9. The Labute approximate surface area is 190 Å². The Kier molecular flexibility index (Phi) is 3.70. The molecule has 7 aromatic rings. The Hall–Kier alpha value is -4.50. The van der Waals surface area contributed by atoms with Gasteiger partial charge >= 0.3 is 0 Å². The standard InChI is InChI=1S/C30H21N3/c31-22-10-12-27-25(16-22)26-17-23(11-13-28(26)33-27)32-29-7-3-6-18-8-9-21-14-19-4-1-2-5-20(19)15-24(21)30(18)29/h1-17,32-33H,31H2. The van der Waals surface area contributed by atoms with Gasteiger partial charge in [0, 0.05) is 44.3 Å². The average Bonchev–Trinajstić information content (AvgIpc) is 3.20. The summed E-state index contributed by atoms with van der Waals surface area (Å²) in [6, 6.07) is 36.5. The quantitative estimate of drug-likeness (QED) is 0.149. The predicted molar refractivity (Wildman–Crippen MR) is 142 cm³/mol. The van der Waals surface area contributed by atoms with E-state index in [9.17, 15) is 0 Å². The van der Waals surface area contributed by atoms with Gasteiger partial charge in [-0.25, -0.2) is 0 Å². The Bertz CT molecular complexity index is 1860. The van der Waals surface area contributed by atoms with Crippen molar-refractivity contribution in [2.45, 2.75) is 0 Å². The molecule has 33 heavy (non-hydrogen) atoms. The smallest absolute Gasteiger partial charge is 0.0470 e. The van der Waals surface area contributed by atoms with Gasteiger partial charge in [0.15, 0.2) is 0 Å². The molecule has 0 aliphatic heterocycles. The number of anilines is 3. The highest BCUT2D eigenvalue weighted by atomic mass is 14.9. The van der Waals surface area contributed by atoms with E-state index in [1.807, 2.05) is 18.2 Å². The summed E-state index contributed by atoms with van der Waals surface area (Å²) in [5.74, 6) is 0. The fraction of sp³-hybridized carbons (Fsp3) is 0. The lowest BCUT2D eigenvalue weighted by atomic mass is 9.97.